The smallest absolute Gasteiger partial charge is 0.387 e. The molecule has 0 spiro atoms. The number of carbonyl (C=O) groups excluding carboxylic acids is 1. The highest BCUT2D eigenvalue weighted by Gasteiger charge is 2.11. The Hall–Kier alpha value is -2.16. The van der Waals surface area contributed by atoms with E-state index in [9.17, 15) is 13.6 Å². The van der Waals surface area contributed by atoms with Crippen LogP contribution in [0, 0.1) is 11.3 Å². The molecule has 1 amide bonds. The van der Waals surface area contributed by atoms with Crippen molar-refractivity contribution in [3.63, 3.8) is 0 Å². The number of benzene rings is 1. The van der Waals surface area contributed by atoms with Crippen LogP contribution in [0.15, 0.2) is 24.3 Å². The predicted molar refractivity (Wildman–Crippen MR) is 60.2 cm³/mol. The van der Waals surface area contributed by atoms with Crippen LogP contribution in [-0.2, 0) is 0 Å². The van der Waals surface area contributed by atoms with Crippen LogP contribution < -0.4 is 10.1 Å². The minimum Gasteiger partial charge on any atom is -0.435 e. The van der Waals surface area contributed by atoms with Crippen molar-refractivity contribution in [3.8, 4) is 11.8 Å². The van der Waals surface area contributed by atoms with E-state index in [0.717, 1.165) is 0 Å². The summed E-state index contributed by atoms with van der Waals surface area (Å²) in [7, 11) is 0. The lowest BCUT2D eigenvalue weighted by atomic mass is 10.2. The predicted octanol–water partition coefficient (Wildman–Crippen LogP) is 2.32. The molecule has 96 valence electrons. The monoisotopic (exact) mass is 254 g/mol. The van der Waals surface area contributed by atoms with Gasteiger partial charge in [0, 0.05) is 5.56 Å². The van der Waals surface area contributed by atoms with Gasteiger partial charge in [-0.15, -0.1) is 0 Å². The molecule has 0 aliphatic carbocycles. The van der Waals surface area contributed by atoms with E-state index in [2.05, 4.69) is 10.1 Å². The normalized spacial score (nSPS) is 11.7. The molecule has 0 saturated heterocycles. The van der Waals surface area contributed by atoms with E-state index in [-0.39, 0.29) is 11.3 Å². The maximum atomic E-state index is 11.9. The summed E-state index contributed by atoms with van der Waals surface area (Å²) in [6.45, 7) is -1.12. The highest BCUT2D eigenvalue weighted by molar-refractivity contribution is 5.94. The molecule has 1 unspecified atom stereocenters. The van der Waals surface area contributed by atoms with Crippen LogP contribution in [0.3, 0.4) is 0 Å². The van der Waals surface area contributed by atoms with E-state index in [0.29, 0.717) is 6.42 Å². The van der Waals surface area contributed by atoms with Crippen molar-refractivity contribution in [2.24, 2.45) is 0 Å². The van der Waals surface area contributed by atoms with Gasteiger partial charge in [-0.1, -0.05) is 6.92 Å². The summed E-state index contributed by atoms with van der Waals surface area (Å²) < 4.78 is 28.0. The van der Waals surface area contributed by atoms with Crippen LogP contribution in [0.2, 0.25) is 0 Å². The van der Waals surface area contributed by atoms with Gasteiger partial charge in [0.05, 0.1) is 6.07 Å². The second-order valence-corrected chi connectivity index (χ2v) is 3.47. The Bertz CT molecular complexity index is 440. The molecule has 0 saturated carbocycles. The first-order valence-electron chi connectivity index (χ1n) is 5.32. The maximum Gasteiger partial charge on any atom is 0.387 e. The summed E-state index contributed by atoms with van der Waals surface area (Å²) in [5.74, 6) is -0.444. The van der Waals surface area contributed by atoms with Gasteiger partial charge in [0.1, 0.15) is 11.8 Å². The first-order valence-corrected chi connectivity index (χ1v) is 5.32. The molecule has 0 aliphatic rings. The average molecular weight is 254 g/mol. The van der Waals surface area contributed by atoms with Crippen molar-refractivity contribution in [2.45, 2.75) is 26.0 Å². The molecule has 1 N–H and O–H groups in total. The van der Waals surface area contributed by atoms with Crippen molar-refractivity contribution in [2.75, 3.05) is 0 Å². The Morgan fingerprint density at radius 1 is 1.44 bits per heavy atom. The van der Waals surface area contributed by atoms with Crippen LogP contribution in [0.25, 0.3) is 0 Å². The number of rotatable bonds is 5. The molecule has 1 atom stereocenters. The Morgan fingerprint density at radius 3 is 2.50 bits per heavy atom. The molecule has 0 bridgehead atoms. The number of ether oxygens (including phenoxy) is 1. The fourth-order valence-electron chi connectivity index (χ4n) is 1.25. The van der Waals surface area contributed by atoms with Crippen molar-refractivity contribution >= 4 is 5.91 Å². The Balaban J connectivity index is 2.67. The zero-order valence-electron chi connectivity index (χ0n) is 9.69. The molecule has 0 aliphatic heterocycles. The quantitative estimate of drug-likeness (QED) is 0.877. The molecule has 0 heterocycles. The number of amides is 1. The first kappa shape index (κ1) is 13.9. The van der Waals surface area contributed by atoms with Gasteiger partial charge >= 0.3 is 6.61 Å². The highest BCUT2D eigenvalue weighted by atomic mass is 19.3. The lowest BCUT2D eigenvalue weighted by Crippen LogP contribution is -2.33. The number of nitrogens with one attached hydrogen (secondary N) is 1. The van der Waals surface area contributed by atoms with Crippen LogP contribution in [0.4, 0.5) is 8.78 Å². The van der Waals surface area contributed by atoms with Gasteiger partial charge in [0.15, 0.2) is 0 Å². The van der Waals surface area contributed by atoms with E-state index in [1.807, 2.05) is 6.07 Å². The molecule has 1 aromatic rings. The fraction of sp³-hybridized carbons (Fsp3) is 0.333. The van der Waals surface area contributed by atoms with E-state index in [1.54, 1.807) is 6.92 Å². The minimum absolute atomic E-state index is 0.0196. The zero-order chi connectivity index (χ0) is 13.5. The number of nitrogens with zero attached hydrogens (tertiary/aromatic N) is 1. The number of alkyl halides is 2. The molecule has 6 heteroatoms. The van der Waals surface area contributed by atoms with E-state index in [1.165, 1.54) is 24.3 Å². The van der Waals surface area contributed by atoms with Crippen molar-refractivity contribution in [1.82, 2.24) is 5.32 Å². The van der Waals surface area contributed by atoms with Crippen molar-refractivity contribution in [3.05, 3.63) is 29.8 Å². The molecule has 0 aromatic heterocycles. The molecule has 18 heavy (non-hydrogen) atoms. The Morgan fingerprint density at radius 2 is 2.06 bits per heavy atom. The third-order valence-electron chi connectivity index (χ3n) is 2.21. The second kappa shape index (κ2) is 6.55. The van der Waals surface area contributed by atoms with Crippen molar-refractivity contribution in [1.29, 1.82) is 5.26 Å². The summed E-state index contributed by atoms with van der Waals surface area (Å²) in [5.41, 5.74) is 0.283. The van der Waals surface area contributed by atoms with Gasteiger partial charge in [-0.2, -0.15) is 14.0 Å². The largest absolute Gasteiger partial charge is 0.435 e. The van der Waals surface area contributed by atoms with Crippen LogP contribution in [0.5, 0.6) is 5.75 Å². The first-order chi connectivity index (χ1) is 8.56. The molecule has 0 radical (unpaired) electrons. The summed E-state index contributed by atoms with van der Waals surface area (Å²) in [6, 6.07) is 6.63. The molecule has 4 nitrogen and oxygen atoms in total. The van der Waals surface area contributed by atoms with E-state index in [4.69, 9.17) is 5.26 Å². The number of halogens is 2. The topological polar surface area (TPSA) is 62.1 Å². The summed E-state index contributed by atoms with van der Waals surface area (Å²) in [4.78, 5) is 11.7. The third kappa shape index (κ3) is 4.01. The summed E-state index contributed by atoms with van der Waals surface area (Å²) in [5, 5.41) is 11.2. The minimum atomic E-state index is -2.90. The number of carbonyl (C=O) groups is 1. The zero-order valence-corrected chi connectivity index (χ0v) is 9.69. The summed E-state index contributed by atoms with van der Waals surface area (Å²) in [6.07, 6.45) is 0.495. The molecule has 0 fully saturated rings. The van der Waals surface area contributed by atoms with Crippen LogP contribution >= 0.6 is 0 Å². The van der Waals surface area contributed by atoms with E-state index >= 15 is 0 Å². The number of hydrogen-bond donors (Lipinski definition) is 1. The van der Waals surface area contributed by atoms with Gasteiger partial charge < -0.3 is 10.1 Å². The SMILES string of the molecule is CCC(C#N)NC(=O)c1ccc(OC(F)F)cc1. The van der Waals surface area contributed by atoms with Gasteiger partial charge in [-0.3, -0.25) is 4.79 Å². The lowest BCUT2D eigenvalue weighted by molar-refractivity contribution is -0.0498. The molecule has 1 rings (SSSR count). The third-order valence-corrected chi connectivity index (χ3v) is 2.21. The van der Waals surface area contributed by atoms with Gasteiger partial charge in [0.2, 0.25) is 0 Å². The van der Waals surface area contributed by atoms with Crippen LogP contribution in [0.1, 0.15) is 23.7 Å². The van der Waals surface area contributed by atoms with Crippen molar-refractivity contribution < 1.29 is 18.3 Å². The lowest BCUT2D eigenvalue weighted by Gasteiger charge is -2.09. The molecular weight excluding hydrogens is 242 g/mol. The number of hydrogen-bond acceptors (Lipinski definition) is 3. The van der Waals surface area contributed by atoms with Gasteiger partial charge in [0.25, 0.3) is 5.91 Å². The summed E-state index contributed by atoms with van der Waals surface area (Å²) >= 11 is 0. The maximum absolute atomic E-state index is 11.9. The standard InChI is InChI=1S/C12H12F2N2O2/c1-2-9(7-15)16-11(17)8-3-5-10(6-4-8)18-12(13)14/h3-6,9,12H,2H2,1H3,(H,16,17). The Labute approximate surface area is 103 Å². The second-order valence-electron chi connectivity index (χ2n) is 3.47. The molecular formula is C12H12F2N2O2. The fourth-order valence-corrected chi connectivity index (χ4v) is 1.25. The van der Waals surface area contributed by atoms with Gasteiger partial charge in [-0.05, 0) is 30.7 Å². The van der Waals surface area contributed by atoms with Crippen LogP contribution in [-0.4, -0.2) is 18.6 Å². The molecule has 1 aromatic carbocycles. The Kier molecular flexibility index (Phi) is 5.06. The average Bonchev–Trinajstić information content (AvgIpc) is 2.35. The highest BCUT2D eigenvalue weighted by Crippen LogP contribution is 2.14. The van der Waals surface area contributed by atoms with E-state index < -0.39 is 18.6 Å². The number of nitriles is 1. The van der Waals surface area contributed by atoms with Gasteiger partial charge in [-0.25, -0.2) is 0 Å².